The fourth-order valence-electron chi connectivity index (χ4n) is 2.22. The molecule has 2 unspecified atom stereocenters. The first-order valence-electron chi connectivity index (χ1n) is 7.42. The zero-order valence-electron chi connectivity index (χ0n) is 12.6. The number of nitrogens with zero attached hydrogens (tertiary/aromatic N) is 1. The predicted octanol–water partition coefficient (Wildman–Crippen LogP) is 2.20. The minimum absolute atomic E-state index is 0.594. The van der Waals surface area contributed by atoms with E-state index < -0.39 is 0 Å². The third kappa shape index (κ3) is 4.15. The molecule has 20 heavy (non-hydrogen) atoms. The van der Waals surface area contributed by atoms with Crippen LogP contribution in [0.5, 0.6) is 5.75 Å². The summed E-state index contributed by atoms with van der Waals surface area (Å²) in [6.07, 6.45) is 2.17. The van der Waals surface area contributed by atoms with Gasteiger partial charge in [-0.1, -0.05) is 25.1 Å². The minimum atomic E-state index is 0.594. The molecule has 0 heterocycles. The Morgan fingerprint density at radius 3 is 2.80 bits per heavy atom. The quantitative estimate of drug-likeness (QED) is 0.618. The number of para-hydroxylation sites is 1. The second-order valence-corrected chi connectivity index (χ2v) is 5.25. The van der Waals surface area contributed by atoms with Crippen molar-refractivity contribution in [2.45, 2.75) is 32.7 Å². The Bertz CT molecular complexity index is 459. The van der Waals surface area contributed by atoms with Crippen molar-refractivity contribution >= 4 is 5.96 Å². The molecular formula is C16H25N3O. The summed E-state index contributed by atoms with van der Waals surface area (Å²) in [5.74, 6) is 2.65. The van der Waals surface area contributed by atoms with Crippen LogP contribution in [0.3, 0.4) is 0 Å². The van der Waals surface area contributed by atoms with Crippen molar-refractivity contribution in [3.05, 3.63) is 29.8 Å². The van der Waals surface area contributed by atoms with E-state index in [9.17, 15) is 0 Å². The van der Waals surface area contributed by atoms with E-state index in [1.165, 1.54) is 12.0 Å². The lowest BCUT2D eigenvalue weighted by atomic mass is 10.1. The van der Waals surface area contributed by atoms with Gasteiger partial charge in [0.15, 0.2) is 5.96 Å². The Hall–Kier alpha value is -1.71. The fraction of sp³-hybridized carbons (Fsp3) is 0.562. The maximum atomic E-state index is 5.64. The monoisotopic (exact) mass is 275 g/mol. The van der Waals surface area contributed by atoms with Gasteiger partial charge < -0.3 is 15.4 Å². The largest absolute Gasteiger partial charge is 0.494 e. The summed E-state index contributed by atoms with van der Waals surface area (Å²) in [6.45, 7) is 5.82. The number of hydrogen-bond donors (Lipinski definition) is 2. The van der Waals surface area contributed by atoms with Gasteiger partial charge in [0.05, 0.1) is 6.61 Å². The van der Waals surface area contributed by atoms with Crippen LogP contribution in [0.4, 0.5) is 0 Å². The molecule has 110 valence electrons. The first kappa shape index (κ1) is 14.7. The molecule has 0 bridgehead atoms. The molecule has 2 rings (SSSR count). The number of rotatable bonds is 6. The van der Waals surface area contributed by atoms with Crippen LogP contribution in [0.1, 0.15) is 25.8 Å². The third-order valence-corrected chi connectivity index (χ3v) is 3.61. The molecule has 1 aromatic rings. The van der Waals surface area contributed by atoms with Crippen LogP contribution < -0.4 is 15.4 Å². The summed E-state index contributed by atoms with van der Waals surface area (Å²) < 4.78 is 5.64. The van der Waals surface area contributed by atoms with Crippen LogP contribution >= 0.6 is 0 Å². The Balaban J connectivity index is 1.79. The van der Waals surface area contributed by atoms with Crippen LogP contribution in [-0.2, 0) is 6.42 Å². The molecule has 0 aromatic heterocycles. The Morgan fingerprint density at radius 2 is 2.15 bits per heavy atom. The van der Waals surface area contributed by atoms with Crippen LogP contribution in [0.15, 0.2) is 29.3 Å². The van der Waals surface area contributed by atoms with Gasteiger partial charge in [0, 0.05) is 19.6 Å². The number of benzene rings is 1. The Kier molecular flexibility index (Phi) is 5.27. The van der Waals surface area contributed by atoms with Crippen molar-refractivity contribution in [1.29, 1.82) is 0 Å². The average molecular weight is 275 g/mol. The molecule has 0 aliphatic heterocycles. The van der Waals surface area contributed by atoms with Crippen molar-refractivity contribution in [2.75, 3.05) is 20.2 Å². The molecule has 4 nitrogen and oxygen atoms in total. The standard InChI is InChI=1S/C16H25N3O/c1-4-20-15-8-6-5-7-13(15)9-10-18-16(17-3)19-14-11-12(14)2/h5-8,12,14H,4,9-11H2,1-3H3,(H2,17,18,19). The van der Waals surface area contributed by atoms with Crippen molar-refractivity contribution in [3.63, 3.8) is 0 Å². The van der Waals surface area contributed by atoms with E-state index in [1.54, 1.807) is 0 Å². The van der Waals surface area contributed by atoms with E-state index in [-0.39, 0.29) is 0 Å². The lowest BCUT2D eigenvalue weighted by molar-refractivity contribution is 0.336. The summed E-state index contributed by atoms with van der Waals surface area (Å²) in [5.41, 5.74) is 1.23. The molecule has 1 aliphatic carbocycles. The number of hydrogen-bond acceptors (Lipinski definition) is 2. The molecule has 1 aliphatic rings. The van der Waals surface area contributed by atoms with Crippen molar-refractivity contribution in [1.82, 2.24) is 10.6 Å². The second-order valence-electron chi connectivity index (χ2n) is 5.25. The summed E-state index contributed by atoms with van der Waals surface area (Å²) in [7, 11) is 1.82. The molecule has 0 spiro atoms. The Labute approximate surface area is 121 Å². The highest BCUT2D eigenvalue weighted by Gasteiger charge is 2.33. The molecule has 1 aromatic carbocycles. The maximum Gasteiger partial charge on any atom is 0.191 e. The van der Waals surface area contributed by atoms with Crippen molar-refractivity contribution in [3.8, 4) is 5.75 Å². The zero-order chi connectivity index (χ0) is 14.4. The van der Waals surface area contributed by atoms with E-state index in [0.717, 1.165) is 30.6 Å². The number of aliphatic imine (C=N–C) groups is 1. The molecule has 1 fully saturated rings. The van der Waals surface area contributed by atoms with Gasteiger partial charge in [-0.05, 0) is 37.3 Å². The van der Waals surface area contributed by atoms with E-state index in [1.807, 2.05) is 26.1 Å². The van der Waals surface area contributed by atoms with Gasteiger partial charge in [-0.3, -0.25) is 4.99 Å². The van der Waals surface area contributed by atoms with E-state index in [4.69, 9.17) is 4.74 Å². The van der Waals surface area contributed by atoms with Gasteiger partial charge in [0.25, 0.3) is 0 Å². The molecule has 4 heteroatoms. The summed E-state index contributed by atoms with van der Waals surface area (Å²) >= 11 is 0. The molecule has 2 atom stereocenters. The highest BCUT2D eigenvalue weighted by Crippen LogP contribution is 2.28. The number of ether oxygens (including phenoxy) is 1. The van der Waals surface area contributed by atoms with Crippen molar-refractivity contribution < 1.29 is 4.74 Å². The molecule has 0 saturated heterocycles. The van der Waals surface area contributed by atoms with Gasteiger partial charge in [-0.2, -0.15) is 0 Å². The molecule has 0 radical (unpaired) electrons. The number of nitrogens with one attached hydrogen (secondary N) is 2. The van der Waals surface area contributed by atoms with Crippen LogP contribution in [0.2, 0.25) is 0 Å². The fourth-order valence-corrected chi connectivity index (χ4v) is 2.22. The van der Waals surface area contributed by atoms with Crippen molar-refractivity contribution in [2.24, 2.45) is 10.9 Å². The maximum absolute atomic E-state index is 5.64. The highest BCUT2D eigenvalue weighted by molar-refractivity contribution is 5.80. The Morgan fingerprint density at radius 1 is 1.40 bits per heavy atom. The first-order chi connectivity index (χ1) is 9.74. The van der Waals surface area contributed by atoms with E-state index >= 15 is 0 Å². The topological polar surface area (TPSA) is 45.6 Å². The highest BCUT2D eigenvalue weighted by atomic mass is 16.5. The van der Waals surface area contributed by atoms with Gasteiger partial charge in [0.1, 0.15) is 5.75 Å². The minimum Gasteiger partial charge on any atom is -0.494 e. The third-order valence-electron chi connectivity index (χ3n) is 3.61. The molecule has 1 saturated carbocycles. The summed E-state index contributed by atoms with van der Waals surface area (Å²) in [4.78, 5) is 4.26. The number of guanidine groups is 1. The van der Waals surface area contributed by atoms with E-state index in [0.29, 0.717) is 12.6 Å². The molecular weight excluding hydrogens is 250 g/mol. The molecule has 0 amide bonds. The van der Waals surface area contributed by atoms with Crippen LogP contribution in [0.25, 0.3) is 0 Å². The van der Waals surface area contributed by atoms with Crippen LogP contribution in [0, 0.1) is 5.92 Å². The van der Waals surface area contributed by atoms with Gasteiger partial charge in [0.2, 0.25) is 0 Å². The predicted molar refractivity (Wildman–Crippen MR) is 83.4 cm³/mol. The van der Waals surface area contributed by atoms with E-state index in [2.05, 4.69) is 34.7 Å². The lowest BCUT2D eigenvalue weighted by Gasteiger charge is -2.13. The average Bonchev–Trinajstić information content (AvgIpc) is 3.15. The lowest BCUT2D eigenvalue weighted by Crippen LogP contribution is -2.39. The smallest absolute Gasteiger partial charge is 0.191 e. The summed E-state index contributed by atoms with van der Waals surface area (Å²) in [6, 6.07) is 8.80. The first-order valence-corrected chi connectivity index (χ1v) is 7.42. The zero-order valence-corrected chi connectivity index (χ0v) is 12.6. The SMILES string of the molecule is CCOc1ccccc1CCNC(=NC)NC1CC1C. The van der Waals surface area contributed by atoms with Gasteiger partial charge in [-0.15, -0.1) is 0 Å². The molecule has 2 N–H and O–H groups in total. The van der Waals surface area contributed by atoms with Crippen LogP contribution in [-0.4, -0.2) is 32.2 Å². The normalized spacial score (nSPS) is 21.4. The van der Waals surface area contributed by atoms with Gasteiger partial charge in [-0.25, -0.2) is 0 Å². The second kappa shape index (κ2) is 7.17. The summed E-state index contributed by atoms with van der Waals surface area (Å²) in [5, 5.41) is 6.79. The van der Waals surface area contributed by atoms with Gasteiger partial charge >= 0.3 is 0 Å².